The van der Waals surface area contributed by atoms with E-state index < -0.39 is 0 Å². The molecule has 0 spiro atoms. The molecule has 0 radical (unpaired) electrons. The summed E-state index contributed by atoms with van der Waals surface area (Å²) in [6, 6.07) is 3.48. The number of hydrogen-bond acceptors (Lipinski definition) is 6. The van der Waals surface area contributed by atoms with Gasteiger partial charge in [-0.25, -0.2) is 4.98 Å². The average Bonchev–Trinajstić information content (AvgIpc) is 2.67. The minimum Gasteiger partial charge on any atom is -0.310 e. The summed E-state index contributed by atoms with van der Waals surface area (Å²) in [5.74, 6) is -0.574. The first kappa shape index (κ1) is 20.4. The Kier molecular flexibility index (Phi) is 7.11. The molecule has 3 amide bonds. The lowest BCUT2D eigenvalue weighted by Gasteiger charge is -2.34. The molecule has 1 unspecified atom stereocenters. The zero-order chi connectivity index (χ0) is 19.9. The van der Waals surface area contributed by atoms with E-state index in [1.807, 2.05) is 0 Å². The average molecular weight is 387 g/mol. The molecule has 3 heterocycles. The summed E-state index contributed by atoms with van der Waals surface area (Å²) in [6.45, 7) is 7.44. The van der Waals surface area contributed by atoms with Crippen molar-refractivity contribution in [3.63, 3.8) is 0 Å². The van der Waals surface area contributed by atoms with E-state index in [0.717, 1.165) is 38.3 Å². The molecule has 152 valence electrons. The summed E-state index contributed by atoms with van der Waals surface area (Å²) < 4.78 is 0. The van der Waals surface area contributed by atoms with Gasteiger partial charge in [0, 0.05) is 38.8 Å². The van der Waals surface area contributed by atoms with Crippen LogP contribution in [0.15, 0.2) is 18.3 Å². The summed E-state index contributed by atoms with van der Waals surface area (Å²) >= 11 is 0. The Hall–Kier alpha value is -2.32. The van der Waals surface area contributed by atoms with Crippen LogP contribution in [0.3, 0.4) is 0 Å². The van der Waals surface area contributed by atoms with Crippen molar-refractivity contribution in [3.05, 3.63) is 23.9 Å². The van der Waals surface area contributed by atoms with Gasteiger partial charge >= 0.3 is 0 Å². The van der Waals surface area contributed by atoms with Crippen molar-refractivity contribution in [3.8, 4) is 0 Å². The zero-order valence-corrected chi connectivity index (χ0v) is 16.4. The highest BCUT2D eigenvalue weighted by Crippen LogP contribution is 2.25. The summed E-state index contributed by atoms with van der Waals surface area (Å²) in [5, 5.41) is 5.20. The second-order valence-electron chi connectivity index (χ2n) is 7.50. The van der Waals surface area contributed by atoms with Gasteiger partial charge in [0.05, 0.1) is 12.5 Å². The third-order valence-electron chi connectivity index (χ3n) is 5.35. The number of carbonyl (C=O) groups excluding carboxylic acids is 3. The number of piperidine rings is 1. The predicted octanol–water partition coefficient (Wildman–Crippen LogP) is 0.958. The van der Waals surface area contributed by atoms with Crippen LogP contribution in [-0.4, -0.2) is 71.8 Å². The first-order chi connectivity index (χ1) is 13.5. The van der Waals surface area contributed by atoms with Crippen LogP contribution in [0.1, 0.15) is 44.1 Å². The molecule has 2 N–H and O–H groups in total. The number of aromatic nitrogens is 1. The number of rotatable bonds is 7. The van der Waals surface area contributed by atoms with Crippen molar-refractivity contribution < 1.29 is 14.4 Å². The molecule has 1 aromatic rings. The summed E-state index contributed by atoms with van der Waals surface area (Å²) in [5.41, 5.74) is 0.764. The standard InChI is InChI=1S/C20H29N5O3/c1-2-3-8-24-9-11-25(12-10-24)14-19(27)22-17-13-15(6-7-21-17)16-4-5-18(26)23-20(16)28/h6-7,13,16H,2-5,8-12,14H2,1H3,(H,21,22,27)(H,23,26,28). The summed E-state index contributed by atoms with van der Waals surface area (Å²) in [4.78, 5) is 44.6. The topological polar surface area (TPSA) is 94.6 Å². The number of piperazine rings is 1. The van der Waals surface area contributed by atoms with E-state index in [0.29, 0.717) is 25.2 Å². The lowest BCUT2D eigenvalue weighted by atomic mass is 9.91. The lowest BCUT2D eigenvalue weighted by molar-refractivity contribution is -0.134. The van der Waals surface area contributed by atoms with E-state index in [9.17, 15) is 14.4 Å². The van der Waals surface area contributed by atoms with Gasteiger partial charge in [-0.05, 0) is 37.1 Å². The molecule has 2 fully saturated rings. The Morgan fingerprint density at radius 3 is 2.71 bits per heavy atom. The van der Waals surface area contributed by atoms with Crippen LogP contribution in [-0.2, 0) is 14.4 Å². The van der Waals surface area contributed by atoms with Crippen LogP contribution in [0, 0.1) is 0 Å². The van der Waals surface area contributed by atoms with Crippen molar-refractivity contribution in [2.75, 3.05) is 44.6 Å². The number of anilines is 1. The molecule has 2 aliphatic rings. The van der Waals surface area contributed by atoms with Crippen LogP contribution in [0.4, 0.5) is 5.82 Å². The Morgan fingerprint density at radius 2 is 2.00 bits per heavy atom. The highest BCUT2D eigenvalue weighted by molar-refractivity contribution is 6.01. The number of nitrogens with zero attached hydrogens (tertiary/aromatic N) is 3. The molecule has 0 aliphatic carbocycles. The second kappa shape index (κ2) is 9.75. The molecule has 8 nitrogen and oxygen atoms in total. The van der Waals surface area contributed by atoms with E-state index >= 15 is 0 Å². The number of hydrogen-bond donors (Lipinski definition) is 2. The minimum absolute atomic E-state index is 0.102. The third kappa shape index (κ3) is 5.59. The maximum atomic E-state index is 12.4. The Bertz CT molecular complexity index is 716. The Morgan fingerprint density at radius 1 is 1.25 bits per heavy atom. The zero-order valence-electron chi connectivity index (χ0n) is 16.4. The van der Waals surface area contributed by atoms with E-state index in [2.05, 4.69) is 32.3 Å². The van der Waals surface area contributed by atoms with Gasteiger partial charge in [0.1, 0.15) is 5.82 Å². The van der Waals surface area contributed by atoms with Gasteiger partial charge in [-0.2, -0.15) is 0 Å². The van der Waals surface area contributed by atoms with Gasteiger partial charge in [0.15, 0.2) is 0 Å². The number of amides is 3. The molecule has 2 aliphatic heterocycles. The lowest BCUT2D eigenvalue weighted by Crippen LogP contribution is -2.48. The molecule has 1 aromatic heterocycles. The monoisotopic (exact) mass is 387 g/mol. The van der Waals surface area contributed by atoms with Gasteiger partial charge in [-0.15, -0.1) is 0 Å². The molecule has 0 aromatic carbocycles. The molecular weight excluding hydrogens is 358 g/mol. The van der Waals surface area contributed by atoms with Crippen LogP contribution < -0.4 is 10.6 Å². The van der Waals surface area contributed by atoms with Gasteiger partial charge < -0.3 is 10.2 Å². The van der Waals surface area contributed by atoms with Gasteiger partial charge in [0.25, 0.3) is 0 Å². The van der Waals surface area contributed by atoms with E-state index in [-0.39, 0.29) is 23.6 Å². The SMILES string of the molecule is CCCCN1CCN(CC(=O)Nc2cc(C3CCC(=O)NC3=O)ccn2)CC1. The first-order valence-corrected chi connectivity index (χ1v) is 10.1. The fourth-order valence-electron chi connectivity index (χ4n) is 3.68. The number of imide groups is 1. The van der Waals surface area contributed by atoms with Crippen LogP contribution in [0.2, 0.25) is 0 Å². The van der Waals surface area contributed by atoms with Crippen molar-refractivity contribution in [1.82, 2.24) is 20.1 Å². The van der Waals surface area contributed by atoms with E-state index in [1.54, 1.807) is 18.3 Å². The van der Waals surface area contributed by atoms with Crippen LogP contribution >= 0.6 is 0 Å². The van der Waals surface area contributed by atoms with E-state index in [1.165, 1.54) is 12.8 Å². The number of carbonyl (C=O) groups is 3. The Balaban J connectivity index is 1.50. The van der Waals surface area contributed by atoms with Crippen molar-refractivity contribution in [1.29, 1.82) is 0 Å². The Labute approximate surface area is 165 Å². The van der Waals surface area contributed by atoms with Gasteiger partial charge in [-0.1, -0.05) is 13.3 Å². The molecule has 3 rings (SSSR count). The highest BCUT2D eigenvalue weighted by atomic mass is 16.2. The smallest absolute Gasteiger partial charge is 0.239 e. The van der Waals surface area contributed by atoms with Crippen molar-refractivity contribution in [2.24, 2.45) is 0 Å². The fraction of sp³-hybridized carbons (Fsp3) is 0.600. The minimum atomic E-state index is -0.382. The molecule has 2 saturated heterocycles. The first-order valence-electron chi connectivity index (χ1n) is 10.1. The third-order valence-corrected chi connectivity index (χ3v) is 5.35. The molecule has 1 atom stereocenters. The number of pyridine rings is 1. The van der Waals surface area contributed by atoms with Gasteiger partial charge in [0.2, 0.25) is 17.7 Å². The summed E-state index contributed by atoms with van der Waals surface area (Å²) in [7, 11) is 0. The maximum absolute atomic E-state index is 12.4. The second-order valence-corrected chi connectivity index (χ2v) is 7.50. The summed E-state index contributed by atoms with van der Waals surface area (Å²) in [6.07, 6.45) is 4.80. The van der Waals surface area contributed by atoms with Crippen molar-refractivity contribution >= 4 is 23.5 Å². The molecule has 0 saturated carbocycles. The largest absolute Gasteiger partial charge is 0.310 e. The van der Waals surface area contributed by atoms with Crippen molar-refractivity contribution in [2.45, 2.75) is 38.5 Å². The quantitative estimate of drug-likeness (QED) is 0.677. The molecule has 28 heavy (non-hydrogen) atoms. The van der Waals surface area contributed by atoms with Crippen LogP contribution in [0.25, 0.3) is 0 Å². The molecule has 0 bridgehead atoms. The fourth-order valence-corrected chi connectivity index (χ4v) is 3.68. The highest BCUT2D eigenvalue weighted by Gasteiger charge is 2.28. The maximum Gasteiger partial charge on any atom is 0.239 e. The van der Waals surface area contributed by atoms with Crippen LogP contribution in [0.5, 0.6) is 0 Å². The predicted molar refractivity (Wildman–Crippen MR) is 106 cm³/mol. The molecular formula is C20H29N5O3. The van der Waals surface area contributed by atoms with E-state index in [4.69, 9.17) is 0 Å². The van der Waals surface area contributed by atoms with Gasteiger partial charge in [-0.3, -0.25) is 24.6 Å². The molecule has 8 heteroatoms. The number of unbranched alkanes of at least 4 members (excludes halogenated alkanes) is 1. The number of nitrogens with one attached hydrogen (secondary N) is 2. The normalized spacial score (nSPS) is 21.4.